The summed E-state index contributed by atoms with van der Waals surface area (Å²) < 4.78 is 5.31. The summed E-state index contributed by atoms with van der Waals surface area (Å²) in [7, 11) is 0. The highest BCUT2D eigenvalue weighted by Gasteiger charge is 2.14. The van der Waals surface area contributed by atoms with Crippen LogP contribution in [-0.4, -0.2) is 17.3 Å². The molecule has 16 heavy (non-hydrogen) atoms. The molecule has 4 heteroatoms. The van der Waals surface area contributed by atoms with Gasteiger partial charge in [0.2, 0.25) is 0 Å². The molecule has 1 aromatic carbocycles. The van der Waals surface area contributed by atoms with Gasteiger partial charge in [0.15, 0.2) is 0 Å². The van der Waals surface area contributed by atoms with Crippen LogP contribution in [0.4, 0.5) is 0 Å². The zero-order valence-electron chi connectivity index (χ0n) is 9.13. The van der Waals surface area contributed by atoms with Gasteiger partial charge in [-0.05, 0) is 23.3 Å². The molecule has 1 atom stereocenters. The quantitative estimate of drug-likeness (QED) is 0.864. The lowest BCUT2D eigenvalue weighted by Crippen LogP contribution is -2.28. The molecule has 1 aromatic rings. The first-order chi connectivity index (χ1) is 7.66. The molecule has 3 nitrogen and oxygen atoms in total. The molecule has 1 aliphatic heterocycles. The Kier molecular flexibility index (Phi) is 3.61. The van der Waals surface area contributed by atoms with Crippen molar-refractivity contribution in [3.63, 3.8) is 0 Å². The van der Waals surface area contributed by atoms with Gasteiger partial charge in [-0.3, -0.25) is 4.79 Å². The third-order valence-electron chi connectivity index (χ3n) is 2.53. The summed E-state index contributed by atoms with van der Waals surface area (Å²) in [5.74, 6) is -0.0269. The Morgan fingerprint density at radius 1 is 1.50 bits per heavy atom. The molecule has 86 valence electrons. The van der Waals surface area contributed by atoms with E-state index in [1.807, 2.05) is 25.1 Å². The number of hydrogen-bond donors (Lipinski definition) is 1. The van der Waals surface area contributed by atoms with Crippen molar-refractivity contribution in [3.05, 3.63) is 34.9 Å². The molecule has 2 rings (SSSR count). The molecule has 0 radical (unpaired) electrons. The van der Waals surface area contributed by atoms with Crippen molar-refractivity contribution in [1.82, 2.24) is 5.32 Å². The van der Waals surface area contributed by atoms with Crippen molar-refractivity contribution in [2.75, 3.05) is 6.54 Å². The van der Waals surface area contributed by atoms with Crippen LogP contribution in [0.5, 0.6) is 0 Å². The van der Waals surface area contributed by atoms with Gasteiger partial charge in [0.1, 0.15) is 0 Å². The SMILES string of the molecule is CC(Br)CNC(=O)c1ccc2c(c1)COC2. The minimum absolute atomic E-state index is 0.0269. The van der Waals surface area contributed by atoms with Crippen LogP contribution in [0.3, 0.4) is 0 Å². The molecule has 1 N–H and O–H groups in total. The predicted molar refractivity (Wildman–Crippen MR) is 65.7 cm³/mol. The lowest BCUT2D eigenvalue weighted by molar-refractivity contribution is 0.0954. The molecule has 0 fully saturated rings. The topological polar surface area (TPSA) is 38.3 Å². The fraction of sp³-hybridized carbons (Fsp3) is 0.417. The Hall–Kier alpha value is -0.870. The summed E-state index contributed by atoms with van der Waals surface area (Å²) >= 11 is 3.39. The molecule has 1 aliphatic rings. The molecule has 1 unspecified atom stereocenters. The smallest absolute Gasteiger partial charge is 0.251 e. The summed E-state index contributed by atoms with van der Waals surface area (Å²) in [6.45, 7) is 3.91. The number of nitrogens with one attached hydrogen (secondary N) is 1. The van der Waals surface area contributed by atoms with Crippen LogP contribution >= 0.6 is 15.9 Å². The normalized spacial score (nSPS) is 15.6. The average molecular weight is 284 g/mol. The lowest BCUT2D eigenvalue weighted by atomic mass is 10.1. The highest BCUT2D eigenvalue weighted by Crippen LogP contribution is 2.20. The van der Waals surface area contributed by atoms with E-state index < -0.39 is 0 Å². The maximum atomic E-state index is 11.8. The van der Waals surface area contributed by atoms with Crippen LogP contribution in [0, 0.1) is 0 Å². The Morgan fingerprint density at radius 2 is 2.25 bits per heavy atom. The molecule has 0 aromatic heterocycles. The zero-order chi connectivity index (χ0) is 11.5. The molecule has 0 saturated carbocycles. The van der Waals surface area contributed by atoms with Crippen molar-refractivity contribution in [2.45, 2.75) is 25.0 Å². The number of hydrogen-bond acceptors (Lipinski definition) is 2. The second-order valence-corrected chi connectivity index (χ2v) is 5.53. The van der Waals surface area contributed by atoms with Gasteiger partial charge in [-0.15, -0.1) is 0 Å². The number of benzene rings is 1. The van der Waals surface area contributed by atoms with Gasteiger partial charge in [-0.2, -0.15) is 0 Å². The predicted octanol–water partition coefficient (Wildman–Crippen LogP) is 2.23. The van der Waals surface area contributed by atoms with Crippen molar-refractivity contribution in [2.24, 2.45) is 0 Å². The van der Waals surface area contributed by atoms with Crippen LogP contribution in [0.15, 0.2) is 18.2 Å². The molecule has 1 heterocycles. The van der Waals surface area contributed by atoms with Gasteiger partial charge in [0.25, 0.3) is 5.91 Å². The van der Waals surface area contributed by atoms with Gasteiger partial charge in [0, 0.05) is 16.9 Å². The van der Waals surface area contributed by atoms with Crippen molar-refractivity contribution >= 4 is 21.8 Å². The van der Waals surface area contributed by atoms with Gasteiger partial charge in [-0.1, -0.05) is 28.9 Å². The number of amides is 1. The largest absolute Gasteiger partial charge is 0.372 e. The Balaban J connectivity index is 2.06. The van der Waals surface area contributed by atoms with E-state index in [4.69, 9.17) is 4.74 Å². The van der Waals surface area contributed by atoms with E-state index in [9.17, 15) is 4.79 Å². The van der Waals surface area contributed by atoms with E-state index in [1.165, 1.54) is 5.56 Å². The van der Waals surface area contributed by atoms with E-state index >= 15 is 0 Å². The lowest BCUT2D eigenvalue weighted by Gasteiger charge is -2.07. The number of carbonyl (C=O) groups is 1. The van der Waals surface area contributed by atoms with Gasteiger partial charge >= 0.3 is 0 Å². The molecule has 0 aliphatic carbocycles. The maximum Gasteiger partial charge on any atom is 0.251 e. The van der Waals surface area contributed by atoms with Crippen molar-refractivity contribution < 1.29 is 9.53 Å². The second kappa shape index (κ2) is 4.97. The monoisotopic (exact) mass is 283 g/mol. The van der Waals surface area contributed by atoms with Gasteiger partial charge in [0.05, 0.1) is 13.2 Å². The number of fused-ring (bicyclic) bond motifs is 1. The highest BCUT2D eigenvalue weighted by atomic mass is 79.9. The summed E-state index contributed by atoms with van der Waals surface area (Å²) in [6.07, 6.45) is 0. The maximum absolute atomic E-state index is 11.8. The van der Waals surface area contributed by atoms with Gasteiger partial charge in [-0.25, -0.2) is 0 Å². The van der Waals surface area contributed by atoms with Crippen LogP contribution in [-0.2, 0) is 18.0 Å². The van der Waals surface area contributed by atoms with Crippen LogP contribution in [0.25, 0.3) is 0 Å². The first kappa shape index (κ1) is 11.6. The molecule has 0 spiro atoms. The molecular formula is C12H14BrNO2. The first-order valence-corrected chi connectivity index (χ1v) is 6.20. The van der Waals surface area contributed by atoms with Gasteiger partial charge < -0.3 is 10.1 Å². The minimum atomic E-state index is -0.0269. The number of rotatable bonds is 3. The Morgan fingerprint density at radius 3 is 3.00 bits per heavy atom. The van der Waals surface area contributed by atoms with Crippen molar-refractivity contribution in [1.29, 1.82) is 0 Å². The van der Waals surface area contributed by atoms with E-state index in [1.54, 1.807) is 0 Å². The second-order valence-electron chi connectivity index (χ2n) is 3.97. The molecular weight excluding hydrogens is 270 g/mol. The first-order valence-electron chi connectivity index (χ1n) is 5.28. The van der Waals surface area contributed by atoms with E-state index in [0.717, 1.165) is 5.56 Å². The number of ether oxygens (including phenoxy) is 1. The molecule has 1 amide bonds. The summed E-state index contributed by atoms with van der Waals surface area (Å²) in [6, 6.07) is 5.73. The fourth-order valence-corrected chi connectivity index (χ4v) is 1.81. The summed E-state index contributed by atoms with van der Waals surface area (Å²) in [5, 5.41) is 2.86. The minimum Gasteiger partial charge on any atom is -0.372 e. The standard InChI is InChI=1S/C12H14BrNO2/c1-8(13)5-14-12(15)9-2-3-10-6-16-7-11(10)4-9/h2-4,8H,5-7H2,1H3,(H,14,15). The Labute approximate surface area is 103 Å². The van der Waals surface area contributed by atoms with Crippen LogP contribution < -0.4 is 5.32 Å². The number of carbonyl (C=O) groups excluding carboxylic acids is 1. The summed E-state index contributed by atoms with van der Waals surface area (Å²) in [4.78, 5) is 12.1. The highest BCUT2D eigenvalue weighted by molar-refractivity contribution is 9.09. The van der Waals surface area contributed by atoms with Crippen LogP contribution in [0.2, 0.25) is 0 Å². The van der Waals surface area contributed by atoms with Crippen molar-refractivity contribution in [3.8, 4) is 0 Å². The molecule has 0 bridgehead atoms. The fourth-order valence-electron chi connectivity index (χ4n) is 1.65. The third-order valence-corrected chi connectivity index (χ3v) is 2.85. The van der Waals surface area contributed by atoms with E-state index in [2.05, 4.69) is 21.2 Å². The van der Waals surface area contributed by atoms with Crippen LogP contribution in [0.1, 0.15) is 28.4 Å². The van der Waals surface area contributed by atoms with E-state index in [-0.39, 0.29) is 10.7 Å². The van der Waals surface area contributed by atoms with E-state index in [0.29, 0.717) is 25.3 Å². The third kappa shape index (κ3) is 2.62. The average Bonchev–Trinajstić information content (AvgIpc) is 2.72. The number of halogens is 1. The summed E-state index contributed by atoms with van der Waals surface area (Å²) in [5.41, 5.74) is 3.02. The Bertz CT molecular complexity index is 404. The molecule has 0 saturated heterocycles. The number of alkyl halides is 1. The zero-order valence-corrected chi connectivity index (χ0v) is 10.7.